The van der Waals surface area contributed by atoms with Crippen LogP contribution in [0.1, 0.15) is 25.0 Å². The molecular formula is C25H16. The summed E-state index contributed by atoms with van der Waals surface area (Å²) in [5.74, 6) is 0. The molecule has 0 aliphatic heterocycles. The van der Waals surface area contributed by atoms with Crippen LogP contribution in [0, 0.1) is 0 Å². The molecule has 0 aromatic heterocycles. The Kier molecular flexibility index (Phi) is 2.05. The van der Waals surface area contributed by atoms with Gasteiger partial charge in [-0.2, -0.15) is 0 Å². The average Bonchev–Trinajstić information content (AvgIpc) is 3.14. The maximum Gasteiger partial charge on any atom is 0.0725 e. The lowest BCUT2D eigenvalue weighted by molar-refractivity contribution is 0.794. The van der Waals surface area contributed by atoms with Crippen molar-refractivity contribution in [3.8, 4) is 22.3 Å². The third-order valence-electron chi connectivity index (χ3n) is 5.78. The molecule has 2 aliphatic carbocycles. The molecule has 0 fully saturated rings. The van der Waals surface area contributed by atoms with Gasteiger partial charge in [-0.05, 0) is 44.5 Å². The molecule has 4 aromatic carbocycles. The molecule has 4 aromatic rings. The molecule has 2 aliphatic rings. The average molecular weight is 318 g/mol. The zero-order valence-corrected chi connectivity index (χ0v) is 13.6. The highest BCUT2D eigenvalue weighted by Gasteiger charge is 2.51. The molecule has 0 N–H and O–H groups in total. The minimum atomic E-state index is -0.439. The number of benzene rings is 4. The fourth-order valence-electron chi connectivity index (χ4n) is 4.91. The van der Waals surface area contributed by atoms with Crippen LogP contribution in [0.15, 0.2) is 97.0 Å². The van der Waals surface area contributed by atoms with Crippen molar-refractivity contribution in [2.45, 2.75) is 5.41 Å². The first kappa shape index (κ1) is 11.4. The lowest BCUT2D eigenvalue weighted by Gasteiger charge is -2.30. The summed E-state index contributed by atoms with van der Waals surface area (Å²) in [6.45, 7) is 0. The molecule has 0 atom stereocenters. The first-order chi connectivity index (χ1) is 13.2. The Bertz CT molecular complexity index is 1150. The van der Waals surface area contributed by atoms with Crippen LogP contribution in [0.2, 0.25) is 0 Å². The van der Waals surface area contributed by atoms with Gasteiger partial charge in [0.2, 0.25) is 0 Å². The van der Waals surface area contributed by atoms with Crippen molar-refractivity contribution in [1.82, 2.24) is 0 Å². The number of hydrogen-bond donors (Lipinski definition) is 0. The zero-order chi connectivity index (χ0) is 18.2. The summed E-state index contributed by atoms with van der Waals surface area (Å²) in [7, 11) is 0. The van der Waals surface area contributed by atoms with Gasteiger partial charge in [0.05, 0.1) is 8.16 Å². The van der Waals surface area contributed by atoms with Crippen LogP contribution in [0.3, 0.4) is 0 Å². The second-order valence-electron chi connectivity index (χ2n) is 6.78. The molecule has 0 amide bonds. The highest BCUT2D eigenvalue weighted by atomic mass is 14.5. The Hall–Kier alpha value is -3.12. The molecule has 0 heteroatoms. The lowest BCUT2D eigenvalue weighted by Crippen LogP contribution is -2.25. The summed E-state index contributed by atoms with van der Waals surface area (Å²) < 4.78 is 16.6. The quantitative estimate of drug-likeness (QED) is 0.321. The summed E-state index contributed by atoms with van der Waals surface area (Å²) in [6.07, 6.45) is 0. The van der Waals surface area contributed by atoms with Crippen molar-refractivity contribution >= 4 is 0 Å². The van der Waals surface area contributed by atoms with Crippen LogP contribution >= 0.6 is 0 Å². The molecular weight excluding hydrogens is 300 g/mol. The van der Waals surface area contributed by atoms with Gasteiger partial charge in [0, 0.05) is 0 Å². The van der Waals surface area contributed by atoms with E-state index >= 15 is 0 Å². The Balaban J connectivity index is 1.88. The van der Waals surface area contributed by atoms with E-state index in [0.29, 0.717) is 12.1 Å². The smallest absolute Gasteiger partial charge is 0.0619 e. The summed E-state index contributed by atoms with van der Waals surface area (Å²) >= 11 is 0. The van der Waals surface area contributed by atoms with Crippen molar-refractivity contribution in [2.24, 2.45) is 0 Å². The number of rotatable bonds is 0. The molecule has 0 nitrogen and oxygen atoms in total. The summed E-state index contributed by atoms with van der Waals surface area (Å²) in [6, 6.07) is 30.1. The van der Waals surface area contributed by atoms with Crippen molar-refractivity contribution in [1.29, 1.82) is 0 Å². The largest absolute Gasteiger partial charge is 0.0725 e. The lowest BCUT2D eigenvalue weighted by atomic mass is 9.70. The summed E-state index contributed by atoms with van der Waals surface area (Å²) in [4.78, 5) is 0. The Labute approximate surface area is 150 Å². The highest BCUT2D eigenvalue weighted by molar-refractivity contribution is 5.94. The van der Waals surface area contributed by atoms with E-state index in [-0.39, 0.29) is 0 Å². The van der Waals surface area contributed by atoms with Crippen molar-refractivity contribution in [3.05, 3.63) is 119 Å². The molecule has 25 heavy (non-hydrogen) atoms. The van der Waals surface area contributed by atoms with Crippen LogP contribution in [0.25, 0.3) is 22.3 Å². The van der Waals surface area contributed by atoms with Gasteiger partial charge < -0.3 is 0 Å². The van der Waals surface area contributed by atoms with E-state index in [2.05, 4.69) is 60.7 Å². The predicted molar refractivity (Wildman–Crippen MR) is 103 cm³/mol. The van der Waals surface area contributed by atoms with E-state index < -0.39 is 5.41 Å². The standard InChI is InChI=1S/C25H16/c1-5-13-21-17(9-1)18-10-2-6-14-22(18)25(21)23-15-7-3-11-19(23)20-12-4-8-16-24(20)25/h1-16H/i5D,6D. The summed E-state index contributed by atoms with van der Waals surface area (Å²) in [5, 5.41) is 0. The van der Waals surface area contributed by atoms with E-state index in [0.717, 1.165) is 11.1 Å². The molecule has 116 valence electrons. The first-order valence-corrected chi connectivity index (χ1v) is 8.63. The van der Waals surface area contributed by atoms with Gasteiger partial charge in [-0.1, -0.05) is 97.0 Å². The Morgan fingerprint density at radius 3 is 1.28 bits per heavy atom. The molecule has 0 radical (unpaired) electrons. The van der Waals surface area contributed by atoms with Gasteiger partial charge in [-0.15, -0.1) is 0 Å². The van der Waals surface area contributed by atoms with Crippen molar-refractivity contribution < 1.29 is 2.74 Å². The van der Waals surface area contributed by atoms with Crippen LogP contribution in [-0.2, 0) is 5.41 Å². The Morgan fingerprint density at radius 2 is 0.800 bits per heavy atom. The third kappa shape index (κ3) is 1.40. The van der Waals surface area contributed by atoms with E-state index in [9.17, 15) is 0 Å². The minimum absolute atomic E-state index is 0.439. The van der Waals surface area contributed by atoms with Crippen LogP contribution in [-0.4, -0.2) is 0 Å². The van der Waals surface area contributed by atoms with Crippen LogP contribution in [0.4, 0.5) is 0 Å². The monoisotopic (exact) mass is 318 g/mol. The van der Waals surface area contributed by atoms with Gasteiger partial charge in [0.1, 0.15) is 0 Å². The number of hydrogen-bond acceptors (Lipinski definition) is 0. The van der Waals surface area contributed by atoms with E-state index in [1.807, 2.05) is 24.3 Å². The van der Waals surface area contributed by atoms with Crippen LogP contribution in [0.5, 0.6) is 0 Å². The normalized spacial score (nSPS) is 15.8. The van der Waals surface area contributed by atoms with E-state index in [1.54, 1.807) is 0 Å². The van der Waals surface area contributed by atoms with Crippen molar-refractivity contribution in [3.63, 3.8) is 0 Å². The second kappa shape index (κ2) is 4.49. The van der Waals surface area contributed by atoms with Crippen molar-refractivity contribution in [2.75, 3.05) is 0 Å². The fourth-order valence-corrected chi connectivity index (χ4v) is 4.91. The van der Waals surface area contributed by atoms with E-state index in [1.165, 1.54) is 33.4 Å². The second-order valence-corrected chi connectivity index (χ2v) is 6.78. The van der Waals surface area contributed by atoms with Gasteiger partial charge >= 0.3 is 0 Å². The van der Waals surface area contributed by atoms with Crippen LogP contribution < -0.4 is 0 Å². The summed E-state index contributed by atoms with van der Waals surface area (Å²) in [5.41, 5.74) is 9.23. The molecule has 6 rings (SSSR count). The minimum Gasteiger partial charge on any atom is -0.0619 e. The topological polar surface area (TPSA) is 0 Å². The zero-order valence-electron chi connectivity index (χ0n) is 15.6. The maximum absolute atomic E-state index is 8.29. The molecule has 1 spiro atoms. The molecule has 0 saturated heterocycles. The van der Waals surface area contributed by atoms with Gasteiger partial charge in [0.25, 0.3) is 0 Å². The molecule has 0 heterocycles. The van der Waals surface area contributed by atoms with E-state index in [4.69, 9.17) is 2.74 Å². The number of fused-ring (bicyclic) bond motifs is 10. The fraction of sp³-hybridized carbons (Fsp3) is 0.0400. The molecule has 0 unspecified atom stereocenters. The van der Waals surface area contributed by atoms with Gasteiger partial charge in [-0.3, -0.25) is 0 Å². The maximum atomic E-state index is 8.29. The SMILES string of the molecule is [2H]c1ccc2c(c1)C1(c3ccccc3-c3ccccc31)c1cc([2H])ccc1-2. The highest BCUT2D eigenvalue weighted by Crippen LogP contribution is 2.62. The predicted octanol–water partition coefficient (Wildman–Crippen LogP) is 6.03. The molecule has 0 saturated carbocycles. The molecule has 0 bridgehead atoms. The Morgan fingerprint density at radius 1 is 0.440 bits per heavy atom. The third-order valence-corrected chi connectivity index (χ3v) is 5.78. The van der Waals surface area contributed by atoms with Gasteiger partial charge in [-0.25, -0.2) is 0 Å². The van der Waals surface area contributed by atoms with Gasteiger partial charge in [0.15, 0.2) is 0 Å². The first-order valence-electron chi connectivity index (χ1n) is 9.63.